The number of rotatable bonds is 5. The van der Waals surface area contributed by atoms with Crippen LogP contribution in [0.4, 0.5) is 0 Å². The molecular formula is C9H13BrN2O2S. The fraction of sp³-hybridized carbons (Fsp3) is 0.556. The maximum absolute atomic E-state index is 11.6. The first-order valence-corrected chi connectivity index (χ1v) is 6.20. The van der Waals surface area contributed by atoms with E-state index in [1.54, 1.807) is 13.3 Å². The molecule has 0 aliphatic rings. The number of carbonyl (C=O) groups is 1. The van der Waals surface area contributed by atoms with Gasteiger partial charge in [0.25, 0.3) is 5.91 Å². The molecule has 0 saturated heterocycles. The lowest BCUT2D eigenvalue weighted by Crippen LogP contribution is -2.30. The number of hydrogen-bond acceptors (Lipinski definition) is 4. The summed E-state index contributed by atoms with van der Waals surface area (Å²) in [6, 6.07) is 0. The molecule has 0 bridgehead atoms. The van der Waals surface area contributed by atoms with Gasteiger partial charge in [-0.2, -0.15) is 0 Å². The minimum atomic E-state index is -0.0823. The lowest BCUT2D eigenvalue weighted by Gasteiger charge is -2.08. The molecule has 15 heavy (non-hydrogen) atoms. The summed E-state index contributed by atoms with van der Waals surface area (Å²) >= 11 is 4.78. The van der Waals surface area contributed by atoms with Gasteiger partial charge in [-0.15, -0.1) is 11.3 Å². The monoisotopic (exact) mass is 292 g/mol. The van der Waals surface area contributed by atoms with Gasteiger partial charge < -0.3 is 10.1 Å². The number of methoxy groups -OCH3 is 1. The molecule has 1 aromatic heterocycles. The fourth-order valence-corrected chi connectivity index (χ4v) is 2.12. The van der Waals surface area contributed by atoms with Crippen LogP contribution in [0.3, 0.4) is 0 Å². The highest BCUT2D eigenvalue weighted by Crippen LogP contribution is 2.11. The summed E-state index contributed by atoms with van der Waals surface area (Å²) in [4.78, 5) is 16.4. The van der Waals surface area contributed by atoms with Crippen molar-refractivity contribution in [2.75, 3.05) is 20.3 Å². The van der Waals surface area contributed by atoms with E-state index >= 15 is 0 Å². The quantitative estimate of drug-likeness (QED) is 0.839. The standard InChI is InChI=1S/C9H13BrN2O2S/c1-6-11-4-8(15-6)9(13)12-3-7(10)5-14-2/h4,7H,3,5H2,1-2H3,(H,12,13). The Kier molecular flexibility index (Phi) is 5.21. The van der Waals surface area contributed by atoms with Crippen LogP contribution in [-0.4, -0.2) is 36.0 Å². The second-order valence-electron chi connectivity index (χ2n) is 3.01. The smallest absolute Gasteiger partial charge is 0.263 e. The largest absolute Gasteiger partial charge is 0.383 e. The number of thiazole rings is 1. The highest BCUT2D eigenvalue weighted by atomic mass is 79.9. The Balaban J connectivity index is 2.36. The van der Waals surface area contributed by atoms with E-state index in [1.165, 1.54) is 11.3 Å². The zero-order chi connectivity index (χ0) is 11.3. The Labute approximate surface area is 101 Å². The Morgan fingerprint density at radius 2 is 2.53 bits per heavy atom. The second-order valence-corrected chi connectivity index (χ2v) is 5.54. The third-order valence-electron chi connectivity index (χ3n) is 1.68. The Hall–Kier alpha value is -0.460. The van der Waals surface area contributed by atoms with Gasteiger partial charge in [0.05, 0.1) is 22.6 Å². The van der Waals surface area contributed by atoms with Gasteiger partial charge in [0.1, 0.15) is 4.88 Å². The van der Waals surface area contributed by atoms with Gasteiger partial charge in [0.2, 0.25) is 0 Å². The van der Waals surface area contributed by atoms with E-state index in [0.717, 1.165) is 5.01 Å². The second kappa shape index (κ2) is 6.19. The van der Waals surface area contributed by atoms with Crippen molar-refractivity contribution >= 4 is 33.2 Å². The van der Waals surface area contributed by atoms with Crippen LogP contribution in [0, 0.1) is 6.92 Å². The number of hydrogen-bond donors (Lipinski definition) is 1. The molecule has 0 fully saturated rings. The molecule has 1 atom stereocenters. The van der Waals surface area contributed by atoms with E-state index in [1.807, 2.05) is 6.92 Å². The first-order chi connectivity index (χ1) is 7.13. The topological polar surface area (TPSA) is 51.2 Å². The van der Waals surface area contributed by atoms with Gasteiger partial charge in [0, 0.05) is 13.7 Å². The van der Waals surface area contributed by atoms with E-state index in [9.17, 15) is 4.79 Å². The molecule has 0 aromatic carbocycles. The minimum Gasteiger partial charge on any atom is -0.383 e. The number of aromatic nitrogens is 1. The Morgan fingerprint density at radius 3 is 3.07 bits per heavy atom. The molecule has 1 amide bonds. The molecule has 84 valence electrons. The summed E-state index contributed by atoms with van der Waals surface area (Å²) in [5.74, 6) is -0.0823. The van der Waals surface area contributed by atoms with Crippen molar-refractivity contribution in [1.82, 2.24) is 10.3 Å². The summed E-state index contributed by atoms with van der Waals surface area (Å²) < 4.78 is 4.94. The van der Waals surface area contributed by atoms with Crippen LogP contribution < -0.4 is 5.32 Å². The number of aryl methyl sites for hydroxylation is 1. The predicted molar refractivity (Wildman–Crippen MR) is 63.8 cm³/mol. The molecule has 1 heterocycles. The zero-order valence-electron chi connectivity index (χ0n) is 8.62. The van der Waals surface area contributed by atoms with Gasteiger partial charge in [-0.05, 0) is 6.92 Å². The maximum Gasteiger partial charge on any atom is 0.263 e. The summed E-state index contributed by atoms with van der Waals surface area (Å²) in [5, 5.41) is 3.70. The van der Waals surface area contributed by atoms with Crippen LogP contribution in [0.5, 0.6) is 0 Å². The van der Waals surface area contributed by atoms with E-state index in [2.05, 4.69) is 26.2 Å². The molecule has 1 N–H and O–H groups in total. The van der Waals surface area contributed by atoms with Crippen molar-refractivity contribution in [2.45, 2.75) is 11.8 Å². The van der Waals surface area contributed by atoms with Crippen molar-refractivity contribution in [2.24, 2.45) is 0 Å². The van der Waals surface area contributed by atoms with Crippen LogP contribution >= 0.6 is 27.3 Å². The molecule has 1 rings (SSSR count). The van der Waals surface area contributed by atoms with Crippen molar-refractivity contribution < 1.29 is 9.53 Å². The highest BCUT2D eigenvalue weighted by Gasteiger charge is 2.10. The lowest BCUT2D eigenvalue weighted by molar-refractivity contribution is 0.0954. The van der Waals surface area contributed by atoms with Gasteiger partial charge in [0.15, 0.2) is 0 Å². The van der Waals surface area contributed by atoms with Crippen molar-refractivity contribution in [3.8, 4) is 0 Å². The highest BCUT2D eigenvalue weighted by molar-refractivity contribution is 9.09. The maximum atomic E-state index is 11.6. The number of alkyl halides is 1. The number of ether oxygens (including phenoxy) is 1. The first-order valence-electron chi connectivity index (χ1n) is 4.47. The minimum absolute atomic E-state index is 0.0823. The van der Waals surface area contributed by atoms with Gasteiger partial charge in [-0.1, -0.05) is 15.9 Å². The van der Waals surface area contributed by atoms with Crippen molar-refractivity contribution in [3.63, 3.8) is 0 Å². The zero-order valence-corrected chi connectivity index (χ0v) is 11.0. The van der Waals surface area contributed by atoms with E-state index in [-0.39, 0.29) is 10.7 Å². The molecular weight excluding hydrogens is 280 g/mol. The van der Waals surface area contributed by atoms with Crippen LogP contribution in [0.1, 0.15) is 14.7 Å². The van der Waals surface area contributed by atoms with Crippen molar-refractivity contribution in [1.29, 1.82) is 0 Å². The van der Waals surface area contributed by atoms with E-state index in [0.29, 0.717) is 18.0 Å². The number of nitrogens with one attached hydrogen (secondary N) is 1. The third-order valence-corrected chi connectivity index (χ3v) is 3.18. The van der Waals surface area contributed by atoms with E-state index < -0.39 is 0 Å². The average Bonchev–Trinajstić information content (AvgIpc) is 2.62. The van der Waals surface area contributed by atoms with Crippen LogP contribution in [0.15, 0.2) is 6.20 Å². The number of nitrogens with zero attached hydrogens (tertiary/aromatic N) is 1. The average molecular weight is 293 g/mol. The van der Waals surface area contributed by atoms with Crippen LogP contribution in [-0.2, 0) is 4.74 Å². The molecule has 0 saturated carbocycles. The van der Waals surface area contributed by atoms with Crippen molar-refractivity contribution in [3.05, 3.63) is 16.1 Å². The van der Waals surface area contributed by atoms with Crippen LogP contribution in [0.2, 0.25) is 0 Å². The summed E-state index contributed by atoms with van der Waals surface area (Å²) in [5.41, 5.74) is 0. The van der Waals surface area contributed by atoms with Gasteiger partial charge in [-0.3, -0.25) is 4.79 Å². The third kappa shape index (κ3) is 4.27. The number of carbonyl (C=O) groups excluding carboxylic acids is 1. The van der Waals surface area contributed by atoms with Gasteiger partial charge >= 0.3 is 0 Å². The SMILES string of the molecule is COCC(Br)CNC(=O)c1cnc(C)s1. The normalized spacial score (nSPS) is 12.5. The summed E-state index contributed by atoms with van der Waals surface area (Å²) in [7, 11) is 1.63. The lowest BCUT2D eigenvalue weighted by atomic mass is 10.4. The summed E-state index contributed by atoms with van der Waals surface area (Å²) in [6.45, 7) is 2.99. The number of halogens is 1. The molecule has 1 unspecified atom stereocenters. The fourth-order valence-electron chi connectivity index (χ4n) is 0.997. The Bertz CT molecular complexity index is 330. The summed E-state index contributed by atoms with van der Waals surface area (Å²) in [6.07, 6.45) is 1.59. The molecule has 0 radical (unpaired) electrons. The van der Waals surface area contributed by atoms with E-state index in [4.69, 9.17) is 4.74 Å². The molecule has 6 heteroatoms. The molecule has 0 spiro atoms. The molecule has 4 nitrogen and oxygen atoms in total. The van der Waals surface area contributed by atoms with Gasteiger partial charge in [-0.25, -0.2) is 4.98 Å². The molecule has 1 aromatic rings. The first kappa shape index (κ1) is 12.6. The number of amides is 1. The predicted octanol–water partition coefficient (Wildman–Crippen LogP) is 1.59. The van der Waals surface area contributed by atoms with Crippen LogP contribution in [0.25, 0.3) is 0 Å². The molecule has 0 aliphatic carbocycles. The molecule has 0 aliphatic heterocycles. The Morgan fingerprint density at radius 1 is 1.80 bits per heavy atom.